The molecule has 128 valence electrons. The van der Waals surface area contributed by atoms with Gasteiger partial charge >= 0.3 is 0 Å². The van der Waals surface area contributed by atoms with Crippen LogP contribution in [0, 0.1) is 5.92 Å². The molecule has 0 amide bonds. The monoisotopic (exact) mass is 311 g/mol. The van der Waals surface area contributed by atoms with Crippen molar-refractivity contribution in [2.45, 2.75) is 64.1 Å². The first-order valence-corrected chi connectivity index (χ1v) is 9.01. The third-order valence-electron chi connectivity index (χ3n) is 4.77. The molecule has 2 fully saturated rings. The number of ether oxygens (including phenoxy) is 2. The van der Waals surface area contributed by atoms with Gasteiger partial charge in [0.25, 0.3) is 0 Å². The highest BCUT2D eigenvalue weighted by Crippen LogP contribution is 2.30. The number of guanidine groups is 1. The van der Waals surface area contributed by atoms with Crippen LogP contribution in [0.15, 0.2) is 4.99 Å². The number of hydrogen-bond donors (Lipinski definition) is 2. The maximum absolute atomic E-state index is 5.96. The maximum Gasteiger partial charge on any atom is 0.191 e. The van der Waals surface area contributed by atoms with E-state index in [1.165, 1.54) is 32.1 Å². The molecule has 2 N–H and O–H groups in total. The van der Waals surface area contributed by atoms with Crippen molar-refractivity contribution in [2.24, 2.45) is 10.9 Å². The van der Waals surface area contributed by atoms with Gasteiger partial charge in [0, 0.05) is 33.4 Å². The second kappa shape index (κ2) is 10.1. The molecular weight excluding hydrogens is 278 g/mol. The number of rotatable bonds is 8. The highest BCUT2D eigenvalue weighted by atomic mass is 16.5. The number of aliphatic imine (C=N–C) groups is 1. The van der Waals surface area contributed by atoms with Crippen molar-refractivity contribution in [3.8, 4) is 0 Å². The van der Waals surface area contributed by atoms with Crippen LogP contribution in [0.3, 0.4) is 0 Å². The molecule has 22 heavy (non-hydrogen) atoms. The van der Waals surface area contributed by atoms with Crippen LogP contribution in [0.5, 0.6) is 0 Å². The minimum absolute atomic E-state index is 0.341. The molecule has 0 bridgehead atoms. The lowest BCUT2D eigenvalue weighted by Crippen LogP contribution is -2.42. The van der Waals surface area contributed by atoms with E-state index in [0.717, 1.165) is 51.0 Å². The Labute approximate surface area is 135 Å². The topological polar surface area (TPSA) is 54.9 Å². The summed E-state index contributed by atoms with van der Waals surface area (Å²) in [4.78, 5) is 4.29. The van der Waals surface area contributed by atoms with Gasteiger partial charge in [-0.05, 0) is 44.9 Å². The molecule has 1 heterocycles. The molecule has 5 heteroatoms. The van der Waals surface area contributed by atoms with Gasteiger partial charge in [-0.25, -0.2) is 0 Å². The highest BCUT2D eigenvalue weighted by Gasteiger charge is 2.25. The van der Waals surface area contributed by atoms with E-state index in [9.17, 15) is 0 Å². The predicted molar refractivity (Wildman–Crippen MR) is 90.3 cm³/mol. The Morgan fingerprint density at radius 2 is 2.05 bits per heavy atom. The minimum Gasteiger partial charge on any atom is -0.378 e. The molecule has 1 aliphatic heterocycles. The van der Waals surface area contributed by atoms with E-state index in [2.05, 4.69) is 22.5 Å². The zero-order valence-electron chi connectivity index (χ0n) is 14.3. The molecule has 0 aromatic carbocycles. The van der Waals surface area contributed by atoms with Crippen molar-refractivity contribution in [1.29, 1.82) is 0 Å². The summed E-state index contributed by atoms with van der Waals surface area (Å²) in [6.45, 7) is 5.56. The average molecular weight is 311 g/mol. The van der Waals surface area contributed by atoms with E-state index >= 15 is 0 Å². The Morgan fingerprint density at radius 1 is 1.23 bits per heavy atom. The van der Waals surface area contributed by atoms with Gasteiger partial charge < -0.3 is 20.1 Å². The van der Waals surface area contributed by atoms with Gasteiger partial charge in [-0.3, -0.25) is 4.99 Å². The molecule has 0 spiro atoms. The molecule has 1 saturated carbocycles. The van der Waals surface area contributed by atoms with Crippen LogP contribution in [0.1, 0.15) is 51.9 Å². The molecule has 0 aromatic rings. The summed E-state index contributed by atoms with van der Waals surface area (Å²) in [7, 11) is 1.82. The summed E-state index contributed by atoms with van der Waals surface area (Å²) < 4.78 is 11.6. The Hall–Kier alpha value is -0.810. The van der Waals surface area contributed by atoms with Crippen molar-refractivity contribution < 1.29 is 9.47 Å². The molecule has 2 rings (SSSR count). The molecule has 0 radical (unpaired) electrons. The van der Waals surface area contributed by atoms with Gasteiger partial charge in [0.05, 0.1) is 12.2 Å². The van der Waals surface area contributed by atoms with E-state index in [1.54, 1.807) is 0 Å². The fourth-order valence-electron chi connectivity index (χ4n) is 3.57. The number of nitrogens with one attached hydrogen (secondary N) is 2. The first kappa shape index (κ1) is 17.5. The fraction of sp³-hybridized carbons (Fsp3) is 0.941. The van der Waals surface area contributed by atoms with Crippen LogP contribution in [-0.4, -0.2) is 51.5 Å². The molecule has 1 saturated heterocycles. The quantitative estimate of drug-likeness (QED) is 0.533. The van der Waals surface area contributed by atoms with Gasteiger partial charge in [0.2, 0.25) is 0 Å². The SMILES string of the molecule is CCOC(CCNC(=NC)NCC1CCCO1)C1CCCC1. The van der Waals surface area contributed by atoms with E-state index in [1.807, 2.05) is 7.05 Å². The molecule has 2 aliphatic rings. The largest absolute Gasteiger partial charge is 0.378 e. The third-order valence-corrected chi connectivity index (χ3v) is 4.77. The number of nitrogens with zero attached hydrogens (tertiary/aromatic N) is 1. The van der Waals surface area contributed by atoms with E-state index in [4.69, 9.17) is 9.47 Å². The summed E-state index contributed by atoms with van der Waals surface area (Å²) in [6, 6.07) is 0. The van der Waals surface area contributed by atoms with Crippen LogP contribution in [0.4, 0.5) is 0 Å². The lowest BCUT2D eigenvalue weighted by molar-refractivity contribution is 0.0169. The zero-order valence-corrected chi connectivity index (χ0v) is 14.3. The van der Waals surface area contributed by atoms with Crippen molar-refractivity contribution in [3.63, 3.8) is 0 Å². The zero-order chi connectivity index (χ0) is 15.6. The standard InChI is InChI=1S/C17H33N3O2/c1-3-21-16(14-7-4-5-8-14)10-11-19-17(18-2)20-13-15-9-6-12-22-15/h14-16H,3-13H2,1-2H3,(H2,18,19,20). The Balaban J connectivity index is 1.65. The molecule has 1 aliphatic carbocycles. The molecular formula is C17H33N3O2. The summed E-state index contributed by atoms with van der Waals surface area (Å²) in [5.74, 6) is 1.63. The van der Waals surface area contributed by atoms with Crippen molar-refractivity contribution >= 4 is 5.96 Å². The number of hydrogen-bond acceptors (Lipinski definition) is 3. The van der Waals surface area contributed by atoms with Crippen molar-refractivity contribution in [2.75, 3.05) is 33.4 Å². The van der Waals surface area contributed by atoms with Crippen LogP contribution in [-0.2, 0) is 9.47 Å². The van der Waals surface area contributed by atoms with Gasteiger partial charge in [0.15, 0.2) is 5.96 Å². The van der Waals surface area contributed by atoms with Gasteiger partial charge in [0.1, 0.15) is 0 Å². The molecule has 5 nitrogen and oxygen atoms in total. The van der Waals surface area contributed by atoms with Gasteiger partial charge in [-0.1, -0.05) is 12.8 Å². The normalized spacial score (nSPS) is 24.6. The lowest BCUT2D eigenvalue weighted by Gasteiger charge is -2.24. The third kappa shape index (κ3) is 5.76. The van der Waals surface area contributed by atoms with Crippen LogP contribution < -0.4 is 10.6 Å². The average Bonchev–Trinajstić information content (AvgIpc) is 3.22. The lowest BCUT2D eigenvalue weighted by atomic mass is 9.98. The smallest absolute Gasteiger partial charge is 0.191 e. The summed E-state index contributed by atoms with van der Waals surface area (Å²) in [6.07, 6.45) is 9.52. The van der Waals surface area contributed by atoms with Crippen LogP contribution >= 0.6 is 0 Å². The van der Waals surface area contributed by atoms with Crippen molar-refractivity contribution in [3.05, 3.63) is 0 Å². The molecule has 2 atom stereocenters. The van der Waals surface area contributed by atoms with E-state index < -0.39 is 0 Å². The molecule has 0 aromatic heterocycles. The Bertz CT molecular complexity index is 324. The summed E-state index contributed by atoms with van der Waals surface area (Å²) in [5, 5.41) is 6.77. The van der Waals surface area contributed by atoms with Crippen LogP contribution in [0.2, 0.25) is 0 Å². The highest BCUT2D eigenvalue weighted by molar-refractivity contribution is 5.79. The second-order valence-corrected chi connectivity index (χ2v) is 6.34. The van der Waals surface area contributed by atoms with Crippen LogP contribution in [0.25, 0.3) is 0 Å². The first-order chi connectivity index (χ1) is 10.8. The minimum atomic E-state index is 0.341. The predicted octanol–water partition coefficient (Wildman–Crippen LogP) is 2.32. The van der Waals surface area contributed by atoms with E-state index in [0.29, 0.717) is 12.2 Å². The van der Waals surface area contributed by atoms with Gasteiger partial charge in [-0.15, -0.1) is 0 Å². The fourth-order valence-corrected chi connectivity index (χ4v) is 3.57. The van der Waals surface area contributed by atoms with Gasteiger partial charge in [-0.2, -0.15) is 0 Å². The Morgan fingerprint density at radius 3 is 2.68 bits per heavy atom. The van der Waals surface area contributed by atoms with E-state index in [-0.39, 0.29) is 0 Å². The second-order valence-electron chi connectivity index (χ2n) is 6.34. The maximum atomic E-state index is 5.96. The van der Waals surface area contributed by atoms with Crippen molar-refractivity contribution in [1.82, 2.24) is 10.6 Å². The Kier molecular flexibility index (Phi) is 8.02. The summed E-state index contributed by atoms with van der Waals surface area (Å²) >= 11 is 0. The summed E-state index contributed by atoms with van der Waals surface area (Å²) in [5.41, 5.74) is 0. The molecule has 2 unspecified atom stereocenters. The first-order valence-electron chi connectivity index (χ1n) is 9.01.